The number of carbonyl (C=O) groups excluding carboxylic acids is 2. The molecule has 1 fully saturated rings. The minimum atomic E-state index is -1.12. The minimum absolute atomic E-state index is 0.0595. The van der Waals surface area contributed by atoms with Crippen molar-refractivity contribution in [3.8, 4) is 11.5 Å². The fourth-order valence-corrected chi connectivity index (χ4v) is 5.49. The average molecular weight is 534 g/mol. The number of carbonyl (C=O) groups is 2. The van der Waals surface area contributed by atoms with E-state index in [9.17, 15) is 24.9 Å². The van der Waals surface area contributed by atoms with Gasteiger partial charge >= 0.3 is 0 Å². The molecule has 1 aromatic carbocycles. The summed E-state index contributed by atoms with van der Waals surface area (Å²) in [5.74, 6) is -0.360. The fraction of sp³-hybridized carbons (Fsp3) is 0.630. The second-order valence-corrected chi connectivity index (χ2v) is 9.81. The first-order valence-corrected chi connectivity index (χ1v) is 13.3. The first-order chi connectivity index (χ1) is 18.4. The summed E-state index contributed by atoms with van der Waals surface area (Å²) in [6.45, 7) is 5.33. The highest BCUT2D eigenvalue weighted by molar-refractivity contribution is 5.96. The molecule has 0 spiro atoms. The third-order valence-corrected chi connectivity index (χ3v) is 7.40. The average Bonchev–Trinajstić information content (AvgIpc) is 3.33. The third-order valence-electron chi connectivity index (χ3n) is 7.40. The van der Waals surface area contributed by atoms with Crippen molar-refractivity contribution in [3.05, 3.63) is 34.9 Å². The van der Waals surface area contributed by atoms with Gasteiger partial charge in [0.15, 0.2) is 11.5 Å². The number of hydrogen-bond donors (Lipinski definition) is 4. The van der Waals surface area contributed by atoms with Gasteiger partial charge in [0.05, 0.1) is 45.5 Å². The molecule has 0 unspecified atom stereocenters. The van der Waals surface area contributed by atoms with E-state index in [1.807, 2.05) is 6.92 Å². The predicted octanol–water partition coefficient (Wildman–Crippen LogP) is -0.229. The Morgan fingerprint density at radius 2 is 2.00 bits per heavy atom. The Kier molecular flexibility index (Phi) is 9.61. The van der Waals surface area contributed by atoms with Gasteiger partial charge in [-0.15, -0.1) is 0 Å². The lowest BCUT2D eigenvalue weighted by molar-refractivity contribution is -0.137. The zero-order chi connectivity index (χ0) is 27.2. The number of hydrogen-bond acceptors (Lipinski definition) is 9. The minimum Gasteiger partial charge on any atom is -0.493 e. The Hall–Kier alpha value is -2.70. The van der Waals surface area contributed by atoms with Gasteiger partial charge in [0.1, 0.15) is 12.2 Å². The molecule has 2 aliphatic heterocycles. The molecule has 1 aliphatic carbocycles. The molecule has 0 radical (unpaired) electrons. The number of morpholine rings is 1. The summed E-state index contributed by atoms with van der Waals surface area (Å²) >= 11 is 0. The number of nitrogens with one attached hydrogen (secondary N) is 1. The van der Waals surface area contributed by atoms with Crippen LogP contribution < -0.4 is 14.8 Å². The highest BCUT2D eigenvalue weighted by atomic mass is 16.5. The number of aliphatic hydroxyl groups excluding tert-OH is 3. The van der Waals surface area contributed by atoms with Crippen molar-refractivity contribution in [2.45, 2.75) is 50.5 Å². The van der Waals surface area contributed by atoms with Crippen molar-refractivity contribution in [2.75, 3.05) is 59.7 Å². The molecule has 4 N–H and O–H groups in total. The van der Waals surface area contributed by atoms with Gasteiger partial charge in [-0.2, -0.15) is 0 Å². The standard InChI is InChI=1S/C27H39N3O8/c1-3-4-22(33)30(7-6-29-8-11-37-12-9-29)20-15-19(27(35)28-5-10-31)23-18-13-17(16-32)14-21(36-2)25(18)38-26(23)24(20)34/h13-15,20,23-24,26,31-32,34H,3-12,16H2,1-2H3,(H,28,35)/t20-,23+,24+,26+/m1/s1. The fourth-order valence-electron chi connectivity index (χ4n) is 5.49. The topological polar surface area (TPSA) is 141 Å². The first-order valence-electron chi connectivity index (χ1n) is 13.3. The zero-order valence-corrected chi connectivity index (χ0v) is 22.1. The second-order valence-electron chi connectivity index (χ2n) is 9.81. The first kappa shape index (κ1) is 28.3. The molecule has 2 heterocycles. The molecular formula is C27H39N3O8. The maximum atomic E-state index is 13.4. The molecule has 1 saturated heterocycles. The molecule has 38 heavy (non-hydrogen) atoms. The zero-order valence-electron chi connectivity index (χ0n) is 22.1. The van der Waals surface area contributed by atoms with Crippen LogP contribution in [0.25, 0.3) is 0 Å². The summed E-state index contributed by atoms with van der Waals surface area (Å²) in [7, 11) is 1.49. The molecule has 3 aliphatic rings. The van der Waals surface area contributed by atoms with Crippen molar-refractivity contribution in [2.24, 2.45) is 0 Å². The van der Waals surface area contributed by atoms with E-state index in [1.54, 1.807) is 23.1 Å². The van der Waals surface area contributed by atoms with Gasteiger partial charge in [-0.05, 0) is 30.2 Å². The van der Waals surface area contributed by atoms with Gasteiger partial charge in [0.25, 0.3) is 0 Å². The monoisotopic (exact) mass is 533 g/mol. The Morgan fingerprint density at radius 3 is 2.66 bits per heavy atom. The van der Waals surface area contributed by atoms with Crippen LogP contribution in [0.1, 0.15) is 36.8 Å². The van der Waals surface area contributed by atoms with Crippen molar-refractivity contribution < 1.29 is 39.1 Å². The highest BCUT2D eigenvalue weighted by Crippen LogP contribution is 2.51. The predicted molar refractivity (Wildman–Crippen MR) is 138 cm³/mol. The molecule has 4 atom stereocenters. The molecule has 1 aromatic rings. The summed E-state index contributed by atoms with van der Waals surface area (Å²) < 4.78 is 17.2. The van der Waals surface area contributed by atoms with E-state index < -0.39 is 30.1 Å². The van der Waals surface area contributed by atoms with Crippen LogP contribution in [-0.4, -0.2) is 115 Å². The lowest BCUT2D eigenvalue weighted by Crippen LogP contribution is -2.57. The largest absolute Gasteiger partial charge is 0.493 e. The molecule has 210 valence electrons. The normalized spacial score (nSPS) is 24.6. The summed E-state index contributed by atoms with van der Waals surface area (Å²) in [5.41, 5.74) is 1.55. The number of aliphatic hydroxyl groups is 3. The molecular weight excluding hydrogens is 494 g/mol. The number of amides is 2. The Balaban J connectivity index is 1.72. The number of benzene rings is 1. The highest BCUT2D eigenvalue weighted by Gasteiger charge is 2.51. The van der Waals surface area contributed by atoms with E-state index in [2.05, 4.69) is 10.2 Å². The molecule has 0 aromatic heterocycles. The summed E-state index contributed by atoms with van der Waals surface area (Å²) in [4.78, 5) is 30.6. The maximum Gasteiger partial charge on any atom is 0.247 e. The Morgan fingerprint density at radius 1 is 1.24 bits per heavy atom. The molecule has 11 heteroatoms. The van der Waals surface area contributed by atoms with Crippen LogP contribution in [0.4, 0.5) is 0 Å². The van der Waals surface area contributed by atoms with Crippen molar-refractivity contribution >= 4 is 11.8 Å². The Bertz CT molecular complexity index is 1030. The van der Waals surface area contributed by atoms with Gasteiger partial charge in [0.2, 0.25) is 11.8 Å². The summed E-state index contributed by atoms with van der Waals surface area (Å²) in [6, 6.07) is 2.62. The van der Waals surface area contributed by atoms with Crippen molar-refractivity contribution in [1.29, 1.82) is 0 Å². The molecule has 4 rings (SSSR count). The van der Waals surface area contributed by atoms with Crippen LogP contribution in [-0.2, 0) is 20.9 Å². The number of rotatable bonds is 11. The lowest BCUT2D eigenvalue weighted by Gasteiger charge is -2.41. The number of nitrogens with zero attached hydrogens (tertiary/aromatic N) is 2. The van der Waals surface area contributed by atoms with Crippen LogP contribution in [0.15, 0.2) is 23.8 Å². The van der Waals surface area contributed by atoms with Crippen molar-refractivity contribution in [3.63, 3.8) is 0 Å². The van der Waals surface area contributed by atoms with Gasteiger partial charge in [-0.3, -0.25) is 14.5 Å². The molecule has 0 saturated carbocycles. The lowest BCUT2D eigenvalue weighted by atomic mass is 9.77. The molecule has 11 nitrogen and oxygen atoms in total. The van der Waals surface area contributed by atoms with E-state index >= 15 is 0 Å². The number of fused-ring (bicyclic) bond motifs is 3. The van der Waals surface area contributed by atoms with Gasteiger partial charge in [-0.25, -0.2) is 0 Å². The van der Waals surface area contributed by atoms with Gasteiger partial charge in [0, 0.05) is 50.3 Å². The van der Waals surface area contributed by atoms with Crippen LogP contribution >= 0.6 is 0 Å². The Labute approximate surface area is 223 Å². The smallest absolute Gasteiger partial charge is 0.247 e. The van der Waals surface area contributed by atoms with Gasteiger partial charge < -0.3 is 39.7 Å². The van der Waals surface area contributed by atoms with E-state index in [4.69, 9.17) is 14.2 Å². The van der Waals surface area contributed by atoms with E-state index in [0.29, 0.717) is 67.3 Å². The molecule has 0 bridgehead atoms. The van der Waals surface area contributed by atoms with Crippen molar-refractivity contribution in [1.82, 2.24) is 15.1 Å². The maximum absolute atomic E-state index is 13.4. The van der Waals surface area contributed by atoms with Crippen LogP contribution in [0.5, 0.6) is 11.5 Å². The molecule has 2 amide bonds. The summed E-state index contributed by atoms with van der Waals surface area (Å²) in [5, 5.41) is 33.4. The van der Waals surface area contributed by atoms with Crippen LogP contribution in [0.3, 0.4) is 0 Å². The van der Waals surface area contributed by atoms with E-state index in [0.717, 1.165) is 13.1 Å². The SMILES string of the molecule is CCCC(=O)N(CCN1CCOCC1)[C@@H]1C=C(C(=O)NCCO)[C@@H]2c3cc(CO)cc(OC)c3O[C@@H]2[C@H]1O. The third kappa shape index (κ3) is 5.81. The number of methoxy groups -OCH3 is 1. The van der Waals surface area contributed by atoms with Gasteiger partial charge in [-0.1, -0.05) is 6.92 Å². The van der Waals surface area contributed by atoms with E-state index in [1.165, 1.54) is 7.11 Å². The van der Waals surface area contributed by atoms with E-state index in [-0.39, 0.29) is 25.7 Å². The van der Waals surface area contributed by atoms with Crippen LogP contribution in [0.2, 0.25) is 0 Å². The quantitative estimate of drug-likeness (QED) is 0.304. The number of ether oxygens (including phenoxy) is 3. The van der Waals surface area contributed by atoms with Crippen LogP contribution in [0, 0.1) is 0 Å². The second kappa shape index (κ2) is 12.9. The summed E-state index contributed by atoms with van der Waals surface area (Å²) in [6.07, 6.45) is 0.669.